The third-order valence-electron chi connectivity index (χ3n) is 14.0. The lowest BCUT2D eigenvalue weighted by molar-refractivity contribution is 1.51. The molecule has 0 saturated heterocycles. The molecule has 0 amide bonds. The molecule has 0 saturated carbocycles. The van der Waals surface area contributed by atoms with E-state index >= 15 is 0 Å². The Kier molecular flexibility index (Phi) is 9.62. The summed E-state index contributed by atoms with van der Waals surface area (Å²) in [5, 5.41) is 4.96. The molecule has 11 aromatic rings. The van der Waals surface area contributed by atoms with Crippen LogP contribution in [0.2, 0.25) is 0 Å². The van der Waals surface area contributed by atoms with Crippen LogP contribution in [0.5, 0.6) is 0 Å². The van der Waals surface area contributed by atoms with Crippen LogP contribution >= 0.6 is 0 Å². The van der Waals surface area contributed by atoms with Crippen molar-refractivity contribution in [3.05, 3.63) is 306 Å². The van der Waals surface area contributed by atoms with Crippen LogP contribution in [0.15, 0.2) is 272 Å². The van der Waals surface area contributed by atoms with Crippen LogP contribution in [0.3, 0.4) is 0 Å². The standard InChI is InChI=1S/C68H44/c1-5-21-47(22-6-1)59-43-61-62(44-60(59)48-23-7-2-8-24-48)67-64(50-27-11-4-12-28-50)65(57-33-17-31-53(41-57)55-37-35-45-19-13-15-29-51(45)39-55)66(68(67)63(61)49-25-9-3-10-26-49)58-34-18-32-54(42-58)56-38-36-46-20-14-16-30-52(46)40-56/h1-44H. The van der Waals surface area contributed by atoms with Crippen LogP contribution in [-0.2, 0) is 0 Å². The summed E-state index contributed by atoms with van der Waals surface area (Å²) >= 11 is 0. The van der Waals surface area contributed by atoms with Gasteiger partial charge < -0.3 is 0 Å². The fraction of sp³-hybridized carbons (Fsp3) is 0. The Morgan fingerprint density at radius 1 is 0.132 bits per heavy atom. The summed E-state index contributed by atoms with van der Waals surface area (Å²) in [6.07, 6.45) is 0. The zero-order valence-electron chi connectivity index (χ0n) is 37.4. The Hall–Kier alpha value is -8.84. The van der Waals surface area contributed by atoms with Gasteiger partial charge in [0.15, 0.2) is 0 Å². The normalized spacial score (nSPS) is 13.1. The van der Waals surface area contributed by atoms with E-state index in [-0.39, 0.29) is 0 Å². The van der Waals surface area contributed by atoms with Crippen molar-refractivity contribution in [3.63, 3.8) is 0 Å². The van der Waals surface area contributed by atoms with Crippen molar-refractivity contribution < 1.29 is 0 Å². The number of hydrogen-bond acceptors (Lipinski definition) is 0. The van der Waals surface area contributed by atoms with Gasteiger partial charge in [0, 0.05) is 0 Å². The average molecular weight is 861 g/mol. The molecule has 0 unspecified atom stereocenters. The highest BCUT2D eigenvalue weighted by Gasteiger charge is 2.41. The minimum absolute atomic E-state index is 1.19. The Bertz CT molecular complexity index is 3850. The lowest BCUT2D eigenvalue weighted by Gasteiger charge is -2.19. The molecule has 68 heavy (non-hydrogen) atoms. The van der Waals surface area contributed by atoms with Crippen LogP contribution in [-0.4, -0.2) is 0 Å². The molecule has 0 bridgehead atoms. The molecule has 13 rings (SSSR count). The second-order valence-electron chi connectivity index (χ2n) is 17.9. The Morgan fingerprint density at radius 3 is 0.926 bits per heavy atom. The third kappa shape index (κ3) is 6.77. The van der Waals surface area contributed by atoms with Crippen molar-refractivity contribution >= 4 is 49.4 Å². The fourth-order valence-electron chi connectivity index (χ4n) is 10.8. The summed E-state index contributed by atoms with van der Waals surface area (Å²) in [7, 11) is 0. The first-order chi connectivity index (χ1) is 33.7. The van der Waals surface area contributed by atoms with E-state index in [9.17, 15) is 0 Å². The van der Waals surface area contributed by atoms with Crippen molar-refractivity contribution in [2.45, 2.75) is 0 Å². The van der Waals surface area contributed by atoms with Gasteiger partial charge in [0.05, 0.1) is 0 Å². The van der Waals surface area contributed by atoms with E-state index in [0.717, 1.165) is 0 Å². The van der Waals surface area contributed by atoms with E-state index in [1.54, 1.807) is 0 Å². The predicted octanol–water partition coefficient (Wildman–Crippen LogP) is 18.0. The van der Waals surface area contributed by atoms with E-state index in [4.69, 9.17) is 0 Å². The van der Waals surface area contributed by atoms with Crippen LogP contribution in [0.4, 0.5) is 0 Å². The maximum atomic E-state index is 2.50. The molecule has 0 heteroatoms. The summed E-state index contributed by atoms with van der Waals surface area (Å²) < 4.78 is 0. The lowest BCUT2D eigenvalue weighted by Crippen LogP contribution is -1.97. The molecule has 0 aliphatic heterocycles. The zero-order chi connectivity index (χ0) is 45.0. The molecule has 0 spiro atoms. The van der Waals surface area contributed by atoms with Crippen LogP contribution < -0.4 is 0 Å². The quantitative estimate of drug-likeness (QED) is 0.143. The highest BCUT2D eigenvalue weighted by Crippen LogP contribution is 2.62. The predicted molar refractivity (Wildman–Crippen MR) is 289 cm³/mol. The molecule has 0 fully saturated rings. The first-order valence-corrected chi connectivity index (χ1v) is 23.6. The number of hydrogen-bond donors (Lipinski definition) is 0. The topological polar surface area (TPSA) is 0 Å². The third-order valence-corrected chi connectivity index (χ3v) is 14.0. The van der Waals surface area contributed by atoms with Crippen molar-refractivity contribution in [1.29, 1.82) is 0 Å². The number of rotatable bonds is 8. The Labute approximate surface area is 397 Å². The molecule has 11 aromatic carbocycles. The molecule has 0 atom stereocenters. The zero-order valence-corrected chi connectivity index (χ0v) is 37.4. The summed E-state index contributed by atoms with van der Waals surface area (Å²) in [6, 6.07) is 98.6. The van der Waals surface area contributed by atoms with Crippen LogP contribution in [0, 0.1) is 0 Å². The smallest absolute Gasteiger partial charge is 0.000137 e. The van der Waals surface area contributed by atoms with Gasteiger partial charge in [-0.3, -0.25) is 0 Å². The Morgan fingerprint density at radius 2 is 0.456 bits per heavy atom. The van der Waals surface area contributed by atoms with E-state index in [2.05, 4.69) is 267 Å². The van der Waals surface area contributed by atoms with Crippen LogP contribution in [0.25, 0.3) is 93.9 Å². The number of fused-ring (bicyclic) bond motifs is 5. The van der Waals surface area contributed by atoms with E-state index in [1.807, 2.05) is 0 Å². The highest BCUT2D eigenvalue weighted by atomic mass is 14.4. The van der Waals surface area contributed by atoms with Crippen molar-refractivity contribution in [2.75, 3.05) is 0 Å². The molecule has 0 nitrogen and oxygen atoms in total. The molecule has 0 heterocycles. The molecule has 0 radical (unpaired) electrons. The van der Waals surface area contributed by atoms with E-state index < -0.39 is 0 Å². The van der Waals surface area contributed by atoms with Gasteiger partial charge in [-0.1, -0.05) is 231 Å². The molecule has 0 aromatic heterocycles. The van der Waals surface area contributed by atoms with Gasteiger partial charge in [-0.05, 0) is 169 Å². The molecule has 0 N–H and O–H groups in total. The largest absolute Gasteiger partial charge is 0.0622 e. The SMILES string of the molecule is c1ccc(C2=C3C(=C(c4ccccc4)c4cc(-c5ccccc5)c(-c5ccccc5)cc43)C(c3cccc(-c4ccc5ccccc5c4)c3)=C2c2cccc(-c3ccc4ccccc4c3)c2)cc1. The van der Waals surface area contributed by atoms with Crippen molar-refractivity contribution in [2.24, 2.45) is 0 Å². The van der Waals surface area contributed by atoms with E-state index in [1.165, 1.54) is 133 Å². The number of allylic oxidation sites excluding steroid dienone is 5. The first-order valence-electron chi connectivity index (χ1n) is 23.6. The van der Waals surface area contributed by atoms with Gasteiger partial charge in [0.25, 0.3) is 0 Å². The fourth-order valence-corrected chi connectivity index (χ4v) is 10.8. The van der Waals surface area contributed by atoms with Crippen LogP contribution in [0.1, 0.15) is 33.4 Å². The molecule has 316 valence electrons. The summed E-state index contributed by atoms with van der Waals surface area (Å²) in [4.78, 5) is 0. The summed E-state index contributed by atoms with van der Waals surface area (Å²) in [5.41, 5.74) is 24.4. The van der Waals surface area contributed by atoms with Gasteiger partial charge in [0.2, 0.25) is 0 Å². The first kappa shape index (κ1) is 39.5. The van der Waals surface area contributed by atoms with Crippen molar-refractivity contribution in [1.82, 2.24) is 0 Å². The molecule has 2 aliphatic rings. The molecule has 2 aliphatic carbocycles. The van der Waals surface area contributed by atoms with Gasteiger partial charge in [-0.25, -0.2) is 0 Å². The van der Waals surface area contributed by atoms with Gasteiger partial charge in [-0.15, -0.1) is 0 Å². The summed E-state index contributed by atoms with van der Waals surface area (Å²) in [6.45, 7) is 0. The summed E-state index contributed by atoms with van der Waals surface area (Å²) in [5.74, 6) is 0. The Balaban J connectivity index is 1.15. The highest BCUT2D eigenvalue weighted by molar-refractivity contribution is 6.39. The monoisotopic (exact) mass is 860 g/mol. The maximum Gasteiger partial charge on any atom is -0.000137 e. The minimum Gasteiger partial charge on any atom is -0.0622 e. The number of benzene rings is 11. The second-order valence-corrected chi connectivity index (χ2v) is 17.9. The lowest BCUT2D eigenvalue weighted by atomic mass is 9.84. The second kappa shape index (κ2) is 16.5. The minimum atomic E-state index is 1.19. The van der Waals surface area contributed by atoms with E-state index in [0.29, 0.717) is 0 Å². The molecular weight excluding hydrogens is 817 g/mol. The molecular formula is C68H44. The van der Waals surface area contributed by atoms with Gasteiger partial charge in [0.1, 0.15) is 0 Å². The average Bonchev–Trinajstić information content (AvgIpc) is 3.93. The van der Waals surface area contributed by atoms with Crippen molar-refractivity contribution in [3.8, 4) is 44.5 Å². The van der Waals surface area contributed by atoms with Gasteiger partial charge in [-0.2, -0.15) is 0 Å². The maximum absolute atomic E-state index is 2.50. The van der Waals surface area contributed by atoms with Gasteiger partial charge >= 0.3 is 0 Å².